The lowest BCUT2D eigenvalue weighted by molar-refractivity contribution is -0.142. The van der Waals surface area contributed by atoms with Crippen LogP contribution in [0.15, 0.2) is 12.2 Å². The van der Waals surface area contributed by atoms with Gasteiger partial charge in [0.15, 0.2) is 0 Å². The first kappa shape index (κ1) is 17.2. The third-order valence-corrected chi connectivity index (χ3v) is 4.80. The van der Waals surface area contributed by atoms with Crippen LogP contribution in [0.4, 0.5) is 0 Å². The number of rotatable bonds is 0. The van der Waals surface area contributed by atoms with E-state index in [0.29, 0.717) is 31.6 Å². The first-order valence-corrected chi connectivity index (χ1v) is 8.43. The molecule has 0 aromatic rings. The smallest absolute Gasteiger partial charge is 0.306 e. The quantitative estimate of drug-likeness (QED) is 0.390. The standard InChI is InChI=1S/C18H28O4/c1-13-6-5-11-18(3)17(22-18)14(2)12-21-16(20)8-4-7-15(19)10-9-13/h13,17H,2,4-12H2,1,3H3. The normalized spacial score (nSPS) is 35.6. The highest BCUT2D eigenvalue weighted by Gasteiger charge is 2.52. The van der Waals surface area contributed by atoms with Gasteiger partial charge in [0.25, 0.3) is 0 Å². The van der Waals surface area contributed by atoms with Crippen LogP contribution in [0.3, 0.4) is 0 Å². The van der Waals surface area contributed by atoms with Crippen molar-refractivity contribution >= 4 is 11.8 Å². The Bertz CT molecular complexity index is 442. The number of Topliss-reactive ketones (excluding diaryl/α,β-unsaturated/α-hetero) is 1. The molecule has 2 aliphatic heterocycles. The van der Waals surface area contributed by atoms with E-state index in [-0.39, 0.29) is 30.1 Å². The maximum atomic E-state index is 11.8. The van der Waals surface area contributed by atoms with Gasteiger partial charge in [-0.25, -0.2) is 0 Å². The SMILES string of the molecule is C=C1COC(=O)CCCC(=O)CCC(C)CCCC2(C)OC12. The first-order valence-electron chi connectivity index (χ1n) is 8.43. The fourth-order valence-corrected chi connectivity index (χ4v) is 3.17. The van der Waals surface area contributed by atoms with Crippen LogP contribution in [0.2, 0.25) is 0 Å². The van der Waals surface area contributed by atoms with Crippen LogP contribution in [0.25, 0.3) is 0 Å². The van der Waals surface area contributed by atoms with Crippen LogP contribution in [0, 0.1) is 5.92 Å². The monoisotopic (exact) mass is 308 g/mol. The molecule has 0 amide bonds. The Balaban J connectivity index is 1.90. The number of hydrogen-bond donors (Lipinski definition) is 0. The van der Waals surface area contributed by atoms with E-state index in [1.807, 2.05) is 0 Å². The van der Waals surface area contributed by atoms with Crippen molar-refractivity contribution in [3.8, 4) is 0 Å². The fourth-order valence-electron chi connectivity index (χ4n) is 3.17. The van der Waals surface area contributed by atoms with Crippen LogP contribution in [0.5, 0.6) is 0 Å². The molecule has 0 aliphatic carbocycles. The van der Waals surface area contributed by atoms with Gasteiger partial charge in [-0.1, -0.05) is 26.3 Å². The van der Waals surface area contributed by atoms with E-state index in [1.54, 1.807) is 0 Å². The molecule has 124 valence electrons. The second-order valence-corrected chi connectivity index (χ2v) is 7.06. The molecule has 2 aliphatic rings. The predicted molar refractivity (Wildman–Crippen MR) is 84.5 cm³/mol. The summed E-state index contributed by atoms with van der Waals surface area (Å²) in [4.78, 5) is 23.5. The largest absolute Gasteiger partial charge is 0.461 e. The number of epoxide rings is 1. The van der Waals surface area contributed by atoms with Crippen molar-refractivity contribution in [3.63, 3.8) is 0 Å². The molecule has 0 saturated carbocycles. The highest BCUT2D eigenvalue weighted by molar-refractivity contribution is 5.79. The van der Waals surface area contributed by atoms with Gasteiger partial charge in [0, 0.05) is 19.3 Å². The van der Waals surface area contributed by atoms with E-state index in [2.05, 4.69) is 20.4 Å². The molecule has 2 saturated heterocycles. The van der Waals surface area contributed by atoms with E-state index in [1.165, 1.54) is 0 Å². The lowest BCUT2D eigenvalue weighted by atomic mass is 9.91. The van der Waals surface area contributed by atoms with Gasteiger partial charge >= 0.3 is 5.97 Å². The molecule has 3 unspecified atom stereocenters. The van der Waals surface area contributed by atoms with Gasteiger partial charge in [0.2, 0.25) is 0 Å². The van der Waals surface area contributed by atoms with Gasteiger partial charge < -0.3 is 9.47 Å². The summed E-state index contributed by atoms with van der Waals surface area (Å²) in [6.07, 6.45) is 6.16. The molecule has 2 rings (SSSR count). The Morgan fingerprint density at radius 2 is 1.91 bits per heavy atom. The molecule has 0 spiro atoms. The maximum Gasteiger partial charge on any atom is 0.306 e. The summed E-state index contributed by atoms with van der Waals surface area (Å²) in [5, 5.41) is 0. The van der Waals surface area contributed by atoms with Crippen LogP contribution < -0.4 is 0 Å². The zero-order valence-electron chi connectivity index (χ0n) is 13.9. The molecule has 4 nitrogen and oxygen atoms in total. The molecule has 22 heavy (non-hydrogen) atoms. The summed E-state index contributed by atoms with van der Waals surface area (Å²) in [7, 11) is 0. The summed E-state index contributed by atoms with van der Waals surface area (Å²) in [6, 6.07) is 0. The number of fused-ring (bicyclic) bond motifs is 1. The van der Waals surface area contributed by atoms with Gasteiger partial charge in [-0.05, 0) is 37.7 Å². The lowest BCUT2D eigenvalue weighted by Gasteiger charge is -2.13. The fraction of sp³-hybridized carbons (Fsp3) is 0.778. The van der Waals surface area contributed by atoms with Crippen molar-refractivity contribution < 1.29 is 19.1 Å². The molecular weight excluding hydrogens is 280 g/mol. The summed E-state index contributed by atoms with van der Waals surface area (Å²) in [5.74, 6) is 0.566. The summed E-state index contributed by atoms with van der Waals surface area (Å²) >= 11 is 0. The molecule has 4 heteroatoms. The molecule has 0 N–H and O–H groups in total. The Morgan fingerprint density at radius 3 is 2.68 bits per heavy atom. The Hall–Kier alpha value is -1.16. The maximum absolute atomic E-state index is 11.8. The van der Waals surface area contributed by atoms with Gasteiger partial charge in [-0.15, -0.1) is 0 Å². The van der Waals surface area contributed by atoms with Crippen molar-refractivity contribution in [2.45, 2.75) is 76.9 Å². The highest BCUT2D eigenvalue weighted by atomic mass is 16.6. The first-order chi connectivity index (χ1) is 10.4. The zero-order valence-corrected chi connectivity index (χ0v) is 13.9. The molecular formula is C18H28O4. The van der Waals surface area contributed by atoms with Crippen molar-refractivity contribution in [1.82, 2.24) is 0 Å². The molecule has 3 atom stereocenters. The van der Waals surface area contributed by atoms with E-state index >= 15 is 0 Å². The molecule has 0 radical (unpaired) electrons. The second kappa shape index (κ2) is 7.40. The summed E-state index contributed by atoms with van der Waals surface area (Å²) < 4.78 is 11.0. The van der Waals surface area contributed by atoms with E-state index in [9.17, 15) is 9.59 Å². The number of ketones is 1. The minimum atomic E-state index is -0.253. The number of carbonyl (C=O) groups excluding carboxylic acids is 2. The van der Waals surface area contributed by atoms with Crippen molar-refractivity contribution in [2.24, 2.45) is 5.92 Å². The minimum Gasteiger partial charge on any atom is -0.461 e. The summed E-state index contributed by atoms with van der Waals surface area (Å²) in [5.41, 5.74) is 0.697. The molecule has 0 aromatic heterocycles. The Morgan fingerprint density at radius 1 is 1.14 bits per heavy atom. The minimum absolute atomic E-state index is 0.0186. The number of hydrogen-bond acceptors (Lipinski definition) is 4. The van der Waals surface area contributed by atoms with Gasteiger partial charge in [-0.3, -0.25) is 9.59 Å². The third-order valence-electron chi connectivity index (χ3n) is 4.80. The van der Waals surface area contributed by atoms with Crippen LogP contribution in [0.1, 0.15) is 65.2 Å². The molecule has 2 heterocycles. The third kappa shape index (κ3) is 4.94. The topological polar surface area (TPSA) is 55.9 Å². The van der Waals surface area contributed by atoms with Gasteiger partial charge in [-0.2, -0.15) is 0 Å². The second-order valence-electron chi connectivity index (χ2n) is 7.06. The highest BCUT2D eigenvalue weighted by Crippen LogP contribution is 2.44. The average Bonchev–Trinajstić information content (AvgIpc) is 3.14. The van der Waals surface area contributed by atoms with E-state index in [0.717, 1.165) is 31.3 Å². The van der Waals surface area contributed by atoms with Crippen LogP contribution >= 0.6 is 0 Å². The van der Waals surface area contributed by atoms with Crippen LogP contribution in [-0.2, 0) is 19.1 Å². The van der Waals surface area contributed by atoms with Crippen molar-refractivity contribution in [2.75, 3.05) is 6.61 Å². The number of carbonyl (C=O) groups is 2. The van der Waals surface area contributed by atoms with E-state index in [4.69, 9.17) is 9.47 Å². The molecule has 2 fully saturated rings. The van der Waals surface area contributed by atoms with Crippen LogP contribution in [-0.4, -0.2) is 30.1 Å². The van der Waals surface area contributed by atoms with Crippen molar-refractivity contribution in [3.05, 3.63) is 12.2 Å². The van der Waals surface area contributed by atoms with E-state index < -0.39 is 0 Å². The predicted octanol–water partition coefficient (Wildman–Crippen LogP) is 3.58. The molecule has 0 bridgehead atoms. The molecule has 0 aromatic carbocycles. The number of esters is 1. The Kier molecular flexibility index (Phi) is 5.79. The number of ether oxygens (including phenoxy) is 2. The Labute approximate surface area is 133 Å². The van der Waals surface area contributed by atoms with Crippen molar-refractivity contribution in [1.29, 1.82) is 0 Å². The average molecular weight is 308 g/mol. The zero-order chi connectivity index (χ0) is 16.2. The van der Waals surface area contributed by atoms with Gasteiger partial charge in [0.1, 0.15) is 18.5 Å². The van der Waals surface area contributed by atoms with Gasteiger partial charge in [0.05, 0.1) is 5.60 Å². The lowest BCUT2D eigenvalue weighted by Crippen LogP contribution is -2.16. The number of cyclic esters (lactones) is 1. The summed E-state index contributed by atoms with van der Waals surface area (Å²) in [6.45, 7) is 8.52.